The lowest BCUT2D eigenvalue weighted by Gasteiger charge is -2.20. The van der Waals surface area contributed by atoms with E-state index in [1.807, 2.05) is 0 Å². The highest BCUT2D eigenvalue weighted by atomic mass is 16.5. The molecule has 76 valence electrons. The molecule has 2 heterocycles. The average molecular weight is 195 g/mol. The molecule has 0 bridgehead atoms. The lowest BCUT2D eigenvalue weighted by Crippen LogP contribution is -2.34. The summed E-state index contributed by atoms with van der Waals surface area (Å²) in [5.41, 5.74) is 0. The third-order valence-corrected chi connectivity index (χ3v) is 2.40. The van der Waals surface area contributed by atoms with Gasteiger partial charge in [0.15, 0.2) is 5.82 Å². The van der Waals surface area contributed by atoms with Gasteiger partial charge in [-0.25, -0.2) is 0 Å². The molecule has 2 rings (SSSR count). The number of carbonyl (C=O) groups is 1. The van der Waals surface area contributed by atoms with Crippen molar-refractivity contribution in [1.29, 1.82) is 0 Å². The average Bonchev–Trinajstić information content (AvgIpc) is 2.72. The Hall–Kier alpha value is -1.36. The lowest BCUT2D eigenvalue weighted by atomic mass is 9.97. The molecule has 0 radical (unpaired) electrons. The molecule has 0 saturated carbocycles. The Bertz CT molecular complexity index is 291. The molecule has 0 aromatic carbocycles. The van der Waals surface area contributed by atoms with Gasteiger partial charge in [0, 0.05) is 12.0 Å². The van der Waals surface area contributed by atoms with Crippen LogP contribution in [0.2, 0.25) is 0 Å². The van der Waals surface area contributed by atoms with Gasteiger partial charge in [0.05, 0.1) is 0 Å². The molecule has 1 aromatic rings. The zero-order valence-corrected chi connectivity index (χ0v) is 7.82. The largest absolute Gasteiger partial charge is 0.363 e. The van der Waals surface area contributed by atoms with E-state index in [0.717, 1.165) is 25.9 Å². The fourth-order valence-electron chi connectivity index (χ4n) is 1.59. The zero-order chi connectivity index (χ0) is 9.80. The van der Waals surface area contributed by atoms with Crippen LogP contribution >= 0.6 is 0 Å². The van der Waals surface area contributed by atoms with E-state index < -0.39 is 0 Å². The van der Waals surface area contributed by atoms with Crippen LogP contribution in [0.15, 0.2) is 16.9 Å². The number of hydrogen-bond acceptors (Lipinski definition) is 4. The zero-order valence-electron chi connectivity index (χ0n) is 7.82. The van der Waals surface area contributed by atoms with Crippen molar-refractivity contribution in [2.75, 3.05) is 18.4 Å². The van der Waals surface area contributed by atoms with E-state index >= 15 is 0 Å². The molecule has 0 atom stereocenters. The first-order valence-electron chi connectivity index (χ1n) is 4.78. The summed E-state index contributed by atoms with van der Waals surface area (Å²) < 4.78 is 4.63. The quantitative estimate of drug-likeness (QED) is 0.725. The summed E-state index contributed by atoms with van der Waals surface area (Å²) in [6, 6.07) is 1.64. The number of aromatic nitrogens is 1. The van der Waals surface area contributed by atoms with Crippen molar-refractivity contribution in [2.45, 2.75) is 12.8 Å². The molecule has 1 saturated heterocycles. The Morgan fingerprint density at radius 3 is 3.00 bits per heavy atom. The summed E-state index contributed by atoms with van der Waals surface area (Å²) >= 11 is 0. The minimum absolute atomic E-state index is 0.0420. The second-order valence-electron chi connectivity index (χ2n) is 3.40. The third kappa shape index (κ3) is 2.11. The predicted molar refractivity (Wildman–Crippen MR) is 50.7 cm³/mol. The van der Waals surface area contributed by atoms with Gasteiger partial charge in [-0.15, -0.1) is 0 Å². The number of amides is 1. The fourth-order valence-corrected chi connectivity index (χ4v) is 1.59. The fraction of sp³-hybridized carbons (Fsp3) is 0.556. The van der Waals surface area contributed by atoms with Crippen molar-refractivity contribution in [1.82, 2.24) is 10.5 Å². The van der Waals surface area contributed by atoms with Crippen LogP contribution in [0.5, 0.6) is 0 Å². The van der Waals surface area contributed by atoms with Gasteiger partial charge >= 0.3 is 0 Å². The van der Waals surface area contributed by atoms with Gasteiger partial charge in [0.2, 0.25) is 5.91 Å². The van der Waals surface area contributed by atoms with Crippen LogP contribution in [-0.4, -0.2) is 24.2 Å². The minimum atomic E-state index is 0.0420. The summed E-state index contributed by atoms with van der Waals surface area (Å²) in [6.07, 6.45) is 3.23. The van der Waals surface area contributed by atoms with E-state index in [1.54, 1.807) is 6.07 Å². The highest BCUT2D eigenvalue weighted by Gasteiger charge is 2.21. The number of piperidine rings is 1. The van der Waals surface area contributed by atoms with E-state index in [1.165, 1.54) is 6.26 Å². The van der Waals surface area contributed by atoms with Crippen molar-refractivity contribution in [3.05, 3.63) is 12.3 Å². The van der Waals surface area contributed by atoms with Crippen molar-refractivity contribution in [3.63, 3.8) is 0 Å². The Kier molecular flexibility index (Phi) is 2.78. The predicted octanol–water partition coefficient (Wildman–Crippen LogP) is 0.613. The first-order valence-corrected chi connectivity index (χ1v) is 4.78. The van der Waals surface area contributed by atoms with Crippen molar-refractivity contribution < 1.29 is 9.32 Å². The van der Waals surface area contributed by atoms with Crippen molar-refractivity contribution in [3.8, 4) is 0 Å². The molecular formula is C9H13N3O2. The maximum atomic E-state index is 11.6. The second kappa shape index (κ2) is 4.23. The highest BCUT2D eigenvalue weighted by molar-refractivity contribution is 5.91. The molecule has 14 heavy (non-hydrogen) atoms. The number of nitrogens with one attached hydrogen (secondary N) is 2. The molecule has 0 spiro atoms. The molecule has 0 unspecified atom stereocenters. The van der Waals surface area contributed by atoms with Crippen molar-refractivity contribution >= 4 is 11.7 Å². The summed E-state index contributed by atoms with van der Waals surface area (Å²) in [7, 11) is 0. The van der Waals surface area contributed by atoms with E-state index in [-0.39, 0.29) is 11.8 Å². The van der Waals surface area contributed by atoms with Gasteiger partial charge in [0.1, 0.15) is 6.26 Å². The van der Waals surface area contributed by atoms with Crippen molar-refractivity contribution in [2.24, 2.45) is 5.92 Å². The molecule has 1 fully saturated rings. The maximum absolute atomic E-state index is 11.6. The first-order chi connectivity index (χ1) is 6.86. The standard InChI is InChI=1S/C9H13N3O2/c13-9(7-1-4-10-5-2-7)11-8-3-6-14-12-8/h3,6-7,10H,1-2,4-5H2,(H,11,12,13). The molecule has 1 amide bonds. The third-order valence-electron chi connectivity index (χ3n) is 2.40. The molecule has 0 aliphatic carbocycles. The SMILES string of the molecule is O=C(Nc1ccon1)C1CCNCC1. The minimum Gasteiger partial charge on any atom is -0.363 e. The van der Waals surface area contributed by atoms with E-state index in [9.17, 15) is 4.79 Å². The molecule has 5 nitrogen and oxygen atoms in total. The van der Waals surface area contributed by atoms with E-state index in [0.29, 0.717) is 5.82 Å². The lowest BCUT2D eigenvalue weighted by molar-refractivity contribution is -0.120. The van der Waals surface area contributed by atoms with Gasteiger partial charge in [-0.05, 0) is 25.9 Å². The number of hydrogen-bond donors (Lipinski definition) is 2. The van der Waals surface area contributed by atoms with Crippen LogP contribution in [0.1, 0.15) is 12.8 Å². The number of nitrogens with zero attached hydrogens (tertiary/aromatic N) is 1. The van der Waals surface area contributed by atoms with Crippen LogP contribution in [0.25, 0.3) is 0 Å². The first kappa shape index (κ1) is 9.21. The van der Waals surface area contributed by atoms with Crippen LogP contribution in [0.3, 0.4) is 0 Å². The van der Waals surface area contributed by atoms with Crippen LogP contribution in [-0.2, 0) is 4.79 Å². The Balaban J connectivity index is 1.88. The van der Waals surface area contributed by atoms with Gasteiger partial charge in [-0.2, -0.15) is 0 Å². The number of carbonyl (C=O) groups excluding carboxylic acids is 1. The van der Waals surface area contributed by atoms with E-state index in [4.69, 9.17) is 0 Å². The summed E-state index contributed by atoms with van der Waals surface area (Å²) in [4.78, 5) is 11.6. The van der Waals surface area contributed by atoms with Gasteiger partial charge < -0.3 is 15.2 Å². The molecule has 1 aromatic heterocycles. The number of rotatable bonds is 2. The Morgan fingerprint density at radius 1 is 1.57 bits per heavy atom. The molecule has 1 aliphatic rings. The Labute approximate surface area is 81.8 Å². The van der Waals surface area contributed by atoms with Crippen LogP contribution in [0.4, 0.5) is 5.82 Å². The smallest absolute Gasteiger partial charge is 0.228 e. The number of anilines is 1. The summed E-state index contributed by atoms with van der Waals surface area (Å²) in [5.74, 6) is 0.641. The topological polar surface area (TPSA) is 67.2 Å². The van der Waals surface area contributed by atoms with Gasteiger partial charge in [0.25, 0.3) is 0 Å². The molecule has 5 heteroatoms. The second-order valence-corrected chi connectivity index (χ2v) is 3.40. The normalized spacial score (nSPS) is 18.0. The van der Waals surface area contributed by atoms with Crippen LogP contribution < -0.4 is 10.6 Å². The van der Waals surface area contributed by atoms with E-state index in [2.05, 4.69) is 20.3 Å². The van der Waals surface area contributed by atoms with Gasteiger partial charge in [-0.1, -0.05) is 5.16 Å². The molecule has 2 N–H and O–H groups in total. The molecule has 1 aliphatic heterocycles. The highest BCUT2D eigenvalue weighted by Crippen LogP contribution is 2.14. The molecular weight excluding hydrogens is 182 g/mol. The van der Waals surface area contributed by atoms with Gasteiger partial charge in [-0.3, -0.25) is 4.79 Å². The Morgan fingerprint density at radius 2 is 2.36 bits per heavy atom. The summed E-state index contributed by atoms with van der Waals surface area (Å²) in [6.45, 7) is 1.83. The summed E-state index contributed by atoms with van der Waals surface area (Å²) in [5, 5.41) is 9.56. The van der Waals surface area contributed by atoms with Crippen LogP contribution in [0, 0.1) is 5.92 Å². The monoisotopic (exact) mass is 195 g/mol. The maximum Gasteiger partial charge on any atom is 0.228 e.